The van der Waals surface area contributed by atoms with Crippen molar-refractivity contribution in [3.8, 4) is 5.75 Å². The first-order valence-electron chi connectivity index (χ1n) is 6.11. The predicted molar refractivity (Wildman–Crippen MR) is 75.8 cm³/mol. The lowest BCUT2D eigenvalue weighted by molar-refractivity contribution is -0.137. The fraction of sp³-hybridized carbons (Fsp3) is 0.231. The molecule has 0 saturated carbocycles. The largest absolute Gasteiger partial charge is 0.506 e. The molecule has 4 N–H and O–H groups in total. The van der Waals surface area contributed by atoms with Crippen molar-refractivity contribution in [2.24, 2.45) is 5.73 Å². The fourth-order valence-corrected chi connectivity index (χ4v) is 2.37. The maximum Gasteiger partial charge on any atom is 0.416 e. The molecule has 22 heavy (non-hydrogen) atoms. The average Bonchev–Trinajstić information content (AvgIpc) is 2.89. The Morgan fingerprint density at radius 3 is 2.68 bits per heavy atom. The second-order valence-corrected chi connectivity index (χ2v) is 5.60. The van der Waals surface area contributed by atoms with Crippen LogP contribution in [0.15, 0.2) is 24.4 Å². The molecule has 1 atom stereocenters. The molecule has 1 aromatic carbocycles. The number of thiazole rings is 1. The Balaban J connectivity index is 2.24. The fourth-order valence-electron chi connectivity index (χ4n) is 1.60. The van der Waals surface area contributed by atoms with E-state index in [1.807, 2.05) is 0 Å². The van der Waals surface area contributed by atoms with Crippen molar-refractivity contribution in [2.75, 3.05) is 5.32 Å². The summed E-state index contributed by atoms with van der Waals surface area (Å²) >= 11 is 1.03. The number of carbonyl (C=O) groups excluding carboxylic acids is 1. The van der Waals surface area contributed by atoms with Gasteiger partial charge in [-0.3, -0.25) is 4.79 Å². The number of phenols is 1. The van der Waals surface area contributed by atoms with E-state index < -0.39 is 23.4 Å². The zero-order chi connectivity index (χ0) is 16.5. The summed E-state index contributed by atoms with van der Waals surface area (Å²) in [6, 6.07) is 1.92. The molecule has 0 fully saturated rings. The van der Waals surface area contributed by atoms with Crippen LogP contribution < -0.4 is 11.1 Å². The Bertz CT molecular complexity index is 698. The number of aromatic hydroxyl groups is 1. The molecule has 0 saturated heterocycles. The van der Waals surface area contributed by atoms with Gasteiger partial charge >= 0.3 is 6.18 Å². The number of nitrogens with two attached hydrogens (primary N) is 1. The van der Waals surface area contributed by atoms with Crippen molar-refractivity contribution in [2.45, 2.75) is 19.1 Å². The summed E-state index contributed by atoms with van der Waals surface area (Å²) in [5, 5.41) is 12.3. The molecule has 0 aliphatic carbocycles. The van der Waals surface area contributed by atoms with Crippen LogP contribution in [-0.4, -0.2) is 16.0 Å². The van der Waals surface area contributed by atoms with Gasteiger partial charge in [0.1, 0.15) is 15.6 Å². The summed E-state index contributed by atoms with van der Waals surface area (Å²) in [7, 11) is 0. The molecule has 1 heterocycles. The number of benzene rings is 1. The number of hydrogen-bond acceptors (Lipinski definition) is 5. The van der Waals surface area contributed by atoms with Crippen molar-refractivity contribution < 1.29 is 23.1 Å². The lowest BCUT2D eigenvalue weighted by atomic mass is 10.2. The molecule has 1 amide bonds. The lowest BCUT2D eigenvalue weighted by Crippen LogP contribution is -2.12. The normalized spacial score (nSPS) is 13.0. The van der Waals surface area contributed by atoms with Crippen molar-refractivity contribution in [1.82, 2.24) is 4.98 Å². The quantitative estimate of drug-likeness (QED) is 0.754. The van der Waals surface area contributed by atoms with Crippen LogP contribution in [0.4, 0.5) is 18.9 Å². The minimum absolute atomic E-state index is 0.184. The number of rotatable bonds is 3. The number of phenolic OH excluding ortho intramolecular Hbond substituents is 1. The van der Waals surface area contributed by atoms with Gasteiger partial charge < -0.3 is 16.2 Å². The number of nitrogens with zero attached hydrogens (tertiary/aromatic N) is 1. The second kappa shape index (κ2) is 5.93. The van der Waals surface area contributed by atoms with E-state index in [9.17, 15) is 23.1 Å². The third-order valence-electron chi connectivity index (χ3n) is 2.71. The number of aromatic nitrogens is 1. The summed E-state index contributed by atoms with van der Waals surface area (Å²) in [6.07, 6.45) is -3.29. The van der Waals surface area contributed by atoms with E-state index in [0.717, 1.165) is 23.5 Å². The predicted octanol–water partition coefficient (Wildman–Crippen LogP) is 3.14. The van der Waals surface area contributed by atoms with E-state index in [0.29, 0.717) is 11.1 Å². The standard InChI is InChI=1S/C13H12F3N3O2S/c1-6(17)12-18-5-10(22-12)11(21)19-8-4-7(13(14,15)16)2-3-9(8)20/h2-6,20H,17H2,1H3,(H,19,21). The molecular formula is C13H12F3N3O2S. The molecule has 118 valence electrons. The molecule has 5 nitrogen and oxygen atoms in total. The first-order valence-corrected chi connectivity index (χ1v) is 6.93. The summed E-state index contributed by atoms with van der Waals surface area (Å²) < 4.78 is 37.9. The zero-order valence-electron chi connectivity index (χ0n) is 11.3. The second-order valence-electron chi connectivity index (χ2n) is 4.54. The summed E-state index contributed by atoms with van der Waals surface area (Å²) in [5.41, 5.74) is 4.33. The topological polar surface area (TPSA) is 88.2 Å². The molecule has 2 aromatic rings. The van der Waals surface area contributed by atoms with Crippen LogP contribution in [0.2, 0.25) is 0 Å². The van der Waals surface area contributed by atoms with E-state index in [1.165, 1.54) is 6.20 Å². The van der Waals surface area contributed by atoms with Crippen LogP contribution in [0.3, 0.4) is 0 Å². The first kappa shape index (κ1) is 16.2. The molecule has 0 aliphatic heterocycles. The van der Waals surface area contributed by atoms with Crippen LogP contribution in [0, 0.1) is 0 Å². The highest BCUT2D eigenvalue weighted by molar-refractivity contribution is 7.13. The maximum absolute atomic E-state index is 12.6. The van der Waals surface area contributed by atoms with Gasteiger partial charge in [0.25, 0.3) is 5.91 Å². The minimum Gasteiger partial charge on any atom is -0.506 e. The molecule has 2 rings (SSSR count). The highest BCUT2D eigenvalue weighted by atomic mass is 32.1. The SMILES string of the molecule is CC(N)c1ncc(C(=O)Nc2cc(C(F)(F)F)ccc2O)s1. The average molecular weight is 331 g/mol. The van der Waals surface area contributed by atoms with Gasteiger partial charge in [0, 0.05) is 0 Å². The number of anilines is 1. The van der Waals surface area contributed by atoms with Gasteiger partial charge in [-0.2, -0.15) is 13.2 Å². The Hall–Kier alpha value is -2.13. The maximum atomic E-state index is 12.6. The van der Waals surface area contributed by atoms with Crippen molar-refractivity contribution in [1.29, 1.82) is 0 Å². The molecule has 1 unspecified atom stereocenters. The van der Waals surface area contributed by atoms with Crippen LogP contribution in [-0.2, 0) is 6.18 Å². The third kappa shape index (κ3) is 3.55. The molecule has 0 aliphatic rings. The monoisotopic (exact) mass is 331 g/mol. The summed E-state index contributed by atoms with van der Waals surface area (Å²) in [6.45, 7) is 1.69. The van der Waals surface area contributed by atoms with Crippen LogP contribution >= 0.6 is 11.3 Å². The summed E-state index contributed by atoms with van der Waals surface area (Å²) in [5.74, 6) is -1.13. The van der Waals surface area contributed by atoms with Gasteiger partial charge in [-0.15, -0.1) is 11.3 Å². The van der Waals surface area contributed by atoms with Gasteiger partial charge in [0.2, 0.25) is 0 Å². The molecule has 0 bridgehead atoms. The Labute approximate surface area is 127 Å². The van der Waals surface area contributed by atoms with Crippen LogP contribution in [0.1, 0.15) is 33.2 Å². The highest BCUT2D eigenvalue weighted by Crippen LogP contribution is 2.34. The smallest absolute Gasteiger partial charge is 0.416 e. The Kier molecular flexibility index (Phi) is 4.38. The van der Waals surface area contributed by atoms with E-state index >= 15 is 0 Å². The van der Waals surface area contributed by atoms with Gasteiger partial charge in [-0.1, -0.05) is 0 Å². The number of hydrogen-bond donors (Lipinski definition) is 3. The Morgan fingerprint density at radius 1 is 1.45 bits per heavy atom. The number of amides is 1. The van der Waals surface area contributed by atoms with Crippen LogP contribution in [0.25, 0.3) is 0 Å². The molecule has 0 radical (unpaired) electrons. The zero-order valence-corrected chi connectivity index (χ0v) is 12.1. The van der Waals surface area contributed by atoms with E-state index in [4.69, 9.17) is 5.73 Å². The van der Waals surface area contributed by atoms with E-state index in [1.54, 1.807) is 6.92 Å². The summed E-state index contributed by atoms with van der Waals surface area (Å²) in [4.78, 5) is 16.1. The van der Waals surface area contributed by atoms with E-state index in [-0.39, 0.29) is 16.6 Å². The molecular weight excluding hydrogens is 319 g/mol. The van der Waals surface area contributed by atoms with Gasteiger partial charge in [-0.05, 0) is 25.1 Å². The van der Waals surface area contributed by atoms with Crippen molar-refractivity contribution in [3.05, 3.63) is 39.8 Å². The van der Waals surface area contributed by atoms with Gasteiger partial charge in [0.05, 0.1) is 23.5 Å². The third-order valence-corrected chi connectivity index (χ3v) is 3.91. The number of halogens is 3. The molecule has 0 spiro atoms. The lowest BCUT2D eigenvalue weighted by Gasteiger charge is -2.11. The van der Waals surface area contributed by atoms with Crippen molar-refractivity contribution in [3.63, 3.8) is 0 Å². The molecule has 9 heteroatoms. The number of carbonyl (C=O) groups is 1. The van der Waals surface area contributed by atoms with E-state index in [2.05, 4.69) is 10.3 Å². The number of alkyl halides is 3. The molecule has 1 aromatic heterocycles. The highest BCUT2D eigenvalue weighted by Gasteiger charge is 2.31. The van der Waals surface area contributed by atoms with Gasteiger partial charge in [-0.25, -0.2) is 4.98 Å². The Morgan fingerprint density at radius 2 is 2.14 bits per heavy atom. The minimum atomic E-state index is -4.57. The van der Waals surface area contributed by atoms with Crippen LogP contribution in [0.5, 0.6) is 5.75 Å². The number of nitrogens with one attached hydrogen (secondary N) is 1. The van der Waals surface area contributed by atoms with Gasteiger partial charge in [0.15, 0.2) is 0 Å². The first-order chi connectivity index (χ1) is 10.2. The van der Waals surface area contributed by atoms with Crippen molar-refractivity contribution >= 4 is 22.9 Å².